The van der Waals surface area contributed by atoms with Gasteiger partial charge in [-0.2, -0.15) is 4.31 Å². The average Bonchev–Trinajstić information content (AvgIpc) is 2.46. The molecule has 1 atom stereocenters. The van der Waals surface area contributed by atoms with Crippen molar-refractivity contribution < 1.29 is 17.9 Å². The van der Waals surface area contributed by atoms with Crippen LogP contribution < -0.4 is 15.2 Å². The van der Waals surface area contributed by atoms with E-state index in [1.165, 1.54) is 16.4 Å². The molecule has 3 rings (SSSR count). The van der Waals surface area contributed by atoms with E-state index in [-0.39, 0.29) is 16.0 Å². The molecule has 0 spiro atoms. The van der Waals surface area contributed by atoms with Crippen molar-refractivity contribution in [3.63, 3.8) is 0 Å². The first-order valence-corrected chi connectivity index (χ1v) is 8.65. The van der Waals surface area contributed by atoms with Crippen LogP contribution in [0.5, 0.6) is 11.5 Å². The van der Waals surface area contributed by atoms with Gasteiger partial charge in [0.15, 0.2) is 11.5 Å². The Morgan fingerprint density at radius 2 is 1.90 bits per heavy atom. The molecule has 2 N–H and O–H groups in total. The van der Waals surface area contributed by atoms with Crippen molar-refractivity contribution in [3.05, 3.63) is 17.2 Å². The summed E-state index contributed by atoms with van der Waals surface area (Å²) in [4.78, 5) is 0.0440. The summed E-state index contributed by atoms with van der Waals surface area (Å²) in [6, 6.07) is 2.79. The van der Waals surface area contributed by atoms with Crippen LogP contribution in [-0.2, 0) is 10.0 Å². The molecule has 116 valence electrons. The van der Waals surface area contributed by atoms with Gasteiger partial charge in [0, 0.05) is 31.3 Å². The van der Waals surface area contributed by atoms with E-state index in [0.717, 1.165) is 12.8 Å². The molecule has 0 amide bonds. The summed E-state index contributed by atoms with van der Waals surface area (Å²) in [5.74, 6) is 0.881. The average molecular weight is 333 g/mol. The number of sulfonamides is 1. The third-order valence-corrected chi connectivity index (χ3v) is 5.96. The van der Waals surface area contributed by atoms with Crippen LogP contribution in [0.15, 0.2) is 17.0 Å². The van der Waals surface area contributed by atoms with Crippen LogP contribution in [0.1, 0.15) is 12.8 Å². The maximum Gasteiger partial charge on any atom is 0.244 e. The van der Waals surface area contributed by atoms with Gasteiger partial charge >= 0.3 is 0 Å². The van der Waals surface area contributed by atoms with E-state index >= 15 is 0 Å². The minimum absolute atomic E-state index is 0.0440. The second-order valence-corrected chi connectivity index (χ2v) is 7.51. The van der Waals surface area contributed by atoms with Crippen molar-refractivity contribution in [2.24, 2.45) is 5.73 Å². The van der Waals surface area contributed by atoms with Crippen LogP contribution in [0.3, 0.4) is 0 Å². The molecule has 2 heterocycles. The van der Waals surface area contributed by atoms with Crippen LogP contribution in [0.2, 0.25) is 5.02 Å². The van der Waals surface area contributed by atoms with E-state index in [1.54, 1.807) is 0 Å². The van der Waals surface area contributed by atoms with Crippen LogP contribution in [0, 0.1) is 0 Å². The Balaban J connectivity index is 1.98. The number of hydrogen-bond donors (Lipinski definition) is 1. The second-order valence-electron chi connectivity index (χ2n) is 5.19. The summed E-state index contributed by atoms with van der Waals surface area (Å²) in [6.07, 6.45) is 1.59. The number of rotatable bonds is 2. The molecule has 8 heteroatoms. The third-order valence-electron chi connectivity index (χ3n) is 3.64. The van der Waals surface area contributed by atoms with Crippen molar-refractivity contribution in [1.82, 2.24) is 4.31 Å². The first kappa shape index (κ1) is 14.9. The van der Waals surface area contributed by atoms with Gasteiger partial charge in [0.05, 0.1) is 5.02 Å². The zero-order valence-corrected chi connectivity index (χ0v) is 13.0. The number of nitrogens with zero attached hydrogens (tertiary/aromatic N) is 1. The molecule has 21 heavy (non-hydrogen) atoms. The lowest BCUT2D eigenvalue weighted by Gasteiger charge is -2.30. The molecule has 1 saturated heterocycles. The number of nitrogens with two attached hydrogens (primary N) is 1. The minimum atomic E-state index is -3.67. The standard InChI is InChI=1S/C13H17ClN2O4S/c14-10-6-11-12(20-5-4-19-11)7-13(10)21(17,18)16-3-1-2-9(15)8-16/h6-7,9H,1-5,8,15H2. The molecule has 1 aromatic rings. The minimum Gasteiger partial charge on any atom is -0.486 e. The molecule has 1 unspecified atom stereocenters. The first-order valence-electron chi connectivity index (χ1n) is 6.83. The molecular formula is C13H17ClN2O4S. The molecule has 0 radical (unpaired) electrons. The highest BCUT2D eigenvalue weighted by atomic mass is 35.5. The maximum atomic E-state index is 12.7. The summed E-state index contributed by atoms with van der Waals surface area (Å²) in [5, 5.41) is 0.137. The molecule has 1 aromatic carbocycles. The van der Waals surface area contributed by atoms with Crippen LogP contribution in [0.4, 0.5) is 0 Å². The van der Waals surface area contributed by atoms with Crippen molar-refractivity contribution >= 4 is 21.6 Å². The highest BCUT2D eigenvalue weighted by Crippen LogP contribution is 2.38. The SMILES string of the molecule is NC1CCCN(S(=O)(=O)c2cc3c(cc2Cl)OCCO3)C1. The van der Waals surface area contributed by atoms with Gasteiger partial charge in [0.1, 0.15) is 18.1 Å². The third kappa shape index (κ3) is 2.83. The molecule has 6 nitrogen and oxygen atoms in total. The lowest BCUT2D eigenvalue weighted by Crippen LogP contribution is -2.45. The van der Waals surface area contributed by atoms with Crippen LogP contribution >= 0.6 is 11.6 Å². The van der Waals surface area contributed by atoms with E-state index in [2.05, 4.69) is 0 Å². The highest BCUT2D eigenvalue weighted by molar-refractivity contribution is 7.89. The summed E-state index contributed by atoms with van der Waals surface area (Å²) < 4.78 is 37.7. The Bertz CT molecular complexity index is 650. The van der Waals surface area contributed by atoms with Gasteiger partial charge in [-0.05, 0) is 12.8 Å². The Hall–Kier alpha value is -1.02. The van der Waals surface area contributed by atoms with E-state index in [4.69, 9.17) is 26.8 Å². The van der Waals surface area contributed by atoms with E-state index < -0.39 is 10.0 Å². The van der Waals surface area contributed by atoms with Gasteiger partial charge < -0.3 is 15.2 Å². The number of hydrogen-bond acceptors (Lipinski definition) is 5. The summed E-state index contributed by atoms with van der Waals surface area (Å²) in [5.41, 5.74) is 5.87. The summed E-state index contributed by atoms with van der Waals surface area (Å²) in [6.45, 7) is 1.59. The molecule has 2 aliphatic rings. The number of fused-ring (bicyclic) bond motifs is 1. The van der Waals surface area contributed by atoms with Gasteiger partial charge in [0.25, 0.3) is 0 Å². The topological polar surface area (TPSA) is 81.9 Å². The second kappa shape index (κ2) is 5.64. The van der Waals surface area contributed by atoms with Crippen molar-refractivity contribution in [2.45, 2.75) is 23.8 Å². The fraction of sp³-hybridized carbons (Fsp3) is 0.538. The lowest BCUT2D eigenvalue weighted by atomic mass is 10.1. The Labute approximate surface area is 128 Å². The fourth-order valence-corrected chi connectivity index (χ4v) is 4.62. The molecule has 0 saturated carbocycles. The highest BCUT2D eigenvalue weighted by Gasteiger charge is 2.32. The summed E-state index contributed by atoms with van der Waals surface area (Å²) in [7, 11) is -3.67. The molecule has 0 aliphatic carbocycles. The zero-order valence-electron chi connectivity index (χ0n) is 11.4. The van der Waals surface area contributed by atoms with Crippen LogP contribution in [-0.4, -0.2) is 45.1 Å². The maximum absolute atomic E-state index is 12.7. The molecule has 0 aromatic heterocycles. The van der Waals surface area contributed by atoms with E-state index in [9.17, 15) is 8.42 Å². The van der Waals surface area contributed by atoms with Gasteiger partial charge in [0.2, 0.25) is 10.0 Å². The van der Waals surface area contributed by atoms with E-state index in [1.807, 2.05) is 0 Å². The normalized spacial score (nSPS) is 23.0. The zero-order chi connectivity index (χ0) is 15.0. The smallest absolute Gasteiger partial charge is 0.244 e. The van der Waals surface area contributed by atoms with Crippen molar-refractivity contribution in [3.8, 4) is 11.5 Å². The predicted octanol–water partition coefficient (Wildman–Crippen LogP) is 1.22. The number of halogens is 1. The van der Waals surface area contributed by atoms with Crippen molar-refractivity contribution in [2.75, 3.05) is 26.3 Å². The Morgan fingerprint density at radius 1 is 1.24 bits per heavy atom. The molecule has 0 bridgehead atoms. The lowest BCUT2D eigenvalue weighted by molar-refractivity contribution is 0.171. The first-order chi connectivity index (χ1) is 9.98. The molecular weight excluding hydrogens is 316 g/mol. The Morgan fingerprint density at radius 3 is 2.57 bits per heavy atom. The number of ether oxygens (including phenoxy) is 2. The Kier molecular flexibility index (Phi) is 4.00. The van der Waals surface area contributed by atoms with Gasteiger partial charge in [-0.1, -0.05) is 11.6 Å². The fourth-order valence-electron chi connectivity index (χ4n) is 2.57. The molecule has 1 fully saturated rings. The van der Waals surface area contributed by atoms with Gasteiger partial charge in [-0.25, -0.2) is 8.42 Å². The quantitative estimate of drug-likeness (QED) is 0.880. The largest absolute Gasteiger partial charge is 0.486 e. The van der Waals surface area contributed by atoms with Gasteiger partial charge in [-0.3, -0.25) is 0 Å². The summed E-state index contributed by atoms with van der Waals surface area (Å²) >= 11 is 6.13. The number of piperidine rings is 1. The monoisotopic (exact) mass is 332 g/mol. The van der Waals surface area contributed by atoms with Crippen molar-refractivity contribution in [1.29, 1.82) is 0 Å². The molecule has 2 aliphatic heterocycles. The predicted molar refractivity (Wildman–Crippen MR) is 78.4 cm³/mol. The van der Waals surface area contributed by atoms with Gasteiger partial charge in [-0.15, -0.1) is 0 Å². The van der Waals surface area contributed by atoms with Crippen LogP contribution in [0.25, 0.3) is 0 Å². The number of benzene rings is 1. The van der Waals surface area contributed by atoms with E-state index in [0.29, 0.717) is 37.8 Å².